The number of esters is 1. The largest absolute Gasteiger partial charge is 0.756 e. The Bertz CT molecular complexity index is 1300. The van der Waals surface area contributed by atoms with Crippen LogP contribution in [0.5, 0.6) is 0 Å². The fourth-order valence-corrected chi connectivity index (χ4v) is 5.84. The first-order chi connectivity index (χ1) is 18.2. The van der Waals surface area contributed by atoms with Crippen LogP contribution in [0.3, 0.4) is 0 Å². The van der Waals surface area contributed by atoms with Gasteiger partial charge >= 0.3 is 5.97 Å². The smallest absolute Gasteiger partial charge is 0.303 e. The zero-order chi connectivity index (χ0) is 28.7. The number of anilines is 1. The van der Waals surface area contributed by atoms with Crippen LogP contribution in [0.15, 0.2) is 12.7 Å². The molecular weight excluding hydrogens is 576 g/mol. The summed E-state index contributed by atoms with van der Waals surface area (Å²) in [6, 6.07) is 0. The van der Waals surface area contributed by atoms with Crippen LogP contribution in [0.2, 0.25) is 0 Å². The predicted octanol–water partition coefficient (Wildman–Crippen LogP) is -3.98. The van der Waals surface area contributed by atoms with Gasteiger partial charge in [-0.3, -0.25) is 18.5 Å². The molecule has 2 aromatic rings. The fourth-order valence-electron chi connectivity index (χ4n) is 3.83. The number of nitrogens with two attached hydrogens (primary N) is 1. The van der Waals surface area contributed by atoms with E-state index in [1.807, 2.05) is 0 Å². The number of ether oxygens (including phenoxy) is 3. The molecule has 2 saturated heterocycles. The van der Waals surface area contributed by atoms with Gasteiger partial charge in [-0.2, -0.15) is 0 Å². The molecular formula is C17H23N5O15P2-2. The summed E-state index contributed by atoms with van der Waals surface area (Å²) in [5.74, 6) is -0.826. The lowest BCUT2D eigenvalue weighted by atomic mass is 10.1. The summed E-state index contributed by atoms with van der Waals surface area (Å²) in [7, 11) is -11.3. The number of aromatic nitrogens is 4. The molecule has 4 rings (SSSR count). The number of phosphoric acid groups is 2. The van der Waals surface area contributed by atoms with E-state index < -0.39 is 84.0 Å². The molecule has 20 nitrogen and oxygen atoms in total. The first-order valence-corrected chi connectivity index (χ1v) is 13.9. The normalized spacial score (nSPS) is 34.1. The second-order valence-corrected chi connectivity index (χ2v) is 11.3. The van der Waals surface area contributed by atoms with Crippen molar-refractivity contribution in [1.29, 1.82) is 0 Å². The van der Waals surface area contributed by atoms with Gasteiger partial charge in [-0.25, -0.2) is 19.3 Å². The van der Waals surface area contributed by atoms with Gasteiger partial charge in [0.1, 0.15) is 42.4 Å². The molecule has 6 unspecified atom stereocenters. The Kier molecular flexibility index (Phi) is 8.70. The second-order valence-electron chi connectivity index (χ2n) is 8.33. The molecule has 2 aliphatic rings. The standard InChI is InChI=1S/C17H25N5O15P2/c1-6(23)34-13-11(25)8(36-17(13)27)3-33-39(30,31)37-38(28,29)32-2-7-10(24)12(26)16(35-7)22-5-21-9-14(18)19-4-20-15(9)22/h4-5,7-8,10-13,16-17,24-27H,2-3H2,1H3,(H,28,29)(H,30,31)(H2,18,19,20)/p-2/t7-,8+,10?,11-,12?,13?,16-,17?/m0/s1. The van der Waals surface area contributed by atoms with E-state index in [4.69, 9.17) is 15.2 Å². The highest BCUT2D eigenvalue weighted by molar-refractivity contribution is 7.59. The average molecular weight is 599 g/mol. The molecule has 0 aromatic carbocycles. The van der Waals surface area contributed by atoms with Gasteiger partial charge < -0.3 is 59.2 Å². The highest BCUT2D eigenvalue weighted by Gasteiger charge is 2.47. The minimum absolute atomic E-state index is 0.0368. The van der Waals surface area contributed by atoms with Crippen LogP contribution < -0.4 is 15.5 Å². The molecule has 2 aliphatic heterocycles. The maximum absolute atomic E-state index is 12.1. The number of hydrogen-bond donors (Lipinski definition) is 5. The van der Waals surface area contributed by atoms with Crippen molar-refractivity contribution in [1.82, 2.24) is 19.5 Å². The number of nitrogen functional groups attached to an aromatic ring is 1. The number of carbonyl (C=O) groups is 1. The zero-order valence-electron chi connectivity index (χ0n) is 19.7. The number of carbonyl (C=O) groups excluding carboxylic acids is 1. The first kappa shape index (κ1) is 29.8. The van der Waals surface area contributed by atoms with Crippen molar-refractivity contribution in [3.63, 3.8) is 0 Å². The second kappa shape index (κ2) is 11.4. The van der Waals surface area contributed by atoms with E-state index in [2.05, 4.69) is 33.0 Å². The van der Waals surface area contributed by atoms with Crippen molar-refractivity contribution in [3.8, 4) is 0 Å². The number of aliphatic hydroxyl groups is 4. The van der Waals surface area contributed by atoms with Gasteiger partial charge in [0.25, 0.3) is 15.6 Å². The molecule has 10 atom stereocenters. The first-order valence-electron chi connectivity index (χ1n) is 10.9. The topological polar surface area (TPSA) is 303 Å². The Labute approximate surface area is 218 Å². The third kappa shape index (κ3) is 6.60. The van der Waals surface area contributed by atoms with Crippen LogP contribution in [-0.4, -0.2) is 102 Å². The lowest BCUT2D eigenvalue weighted by molar-refractivity contribution is -0.247. The number of aliphatic hydroxyl groups excluding tert-OH is 4. The van der Waals surface area contributed by atoms with Crippen molar-refractivity contribution in [2.24, 2.45) is 0 Å². The van der Waals surface area contributed by atoms with Crippen molar-refractivity contribution in [2.75, 3.05) is 18.9 Å². The molecule has 6 N–H and O–H groups in total. The molecule has 0 aliphatic carbocycles. The third-order valence-corrected chi connectivity index (χ3v) is 8.14. The van der Waals surface area contributed by atoms with Crippen LogP contribution in [0.25, 0.3) is 11.2 Å². The summed E-state index contributed by atoms with van der Waals surface area (Å²) in [6.07, 6.45) is -10.4. The van der Waals surface area contributed by atoms with E-state index in [9.17, 15) is 44.1 Å². The van der Waals surface area contributed by atoms with Crippen LogP contribution in [0.4, 0.5) is 5.82 Å². The number of hydrogen-bond acceptors (Lipinski definition) is 19. The maximum atomic E-state index is 12.1. The molecule has 0 bridgehead atoms. The molecule has 0 amide bonds. The highest BCUT2D eigenvalue weighted by atomic mass is 31.3. The van der Waals surface area contributed by atoms with E-state index in [1.54, 1.807) is 0 Å². The lowest BCUT2D eigenvalue weighted by Crippen LogP contribution is -2.37. The summed E-state index contributed by atoms with van der Waals surface area (Å²) in [5.41, 5.74) is 6.03. The van der Waals surface area contributed by atoms with E-state index in [1.165, 1.54) is 10.9 Å². The maximum Gasteiger partial charge on any atom is 0.303 e. The summed E-state index contributed by atoms with van der Waals surface area (Å²) >= 11 is 0. The minimum Gasteiger partial charge on any atom is -0.756 e. The molecule has 2 aromatic heterocycles. The van der Waals surface area contributed by atoms with Crippen LogP contribution in [0.1, 0.15) is 13.2 Å². The third-order valence-electron chi connectivity index (χ3n) is 5.61. The molecule has 22 heteroatoms. The Morgan fingerprint density at radius 1 is 1.03 bits per heavy atom. The zero-order valence-corrected chi connectivity index (χ0v) is 21.5. The average Bonchev–Trinajstić information content (AvgIpc) is 3.47. The molecule has 2 fully saturated rings. The Hall–Kier alpha value is -2.16. The van der Waals surface area contributed by atoms with Crippen molar-refractivity contribution >= 4 is 38.6 Å². The van der Waals surface area contributed by atoms with Gasteiger partial charge in [-0.05, 0) is 0 Å². The molecule has 218 valence electrons. The van der Waals surface area contributed by atoms with Gasteiger partial charge in [0, 0.05) is 6.92 Å². The molecule has 4 heterocycles. The van der Waals surface area contributed by atoms with Crippen molar-refractivity contribution in [2.45, 2.75) is 56.1 Å². The van der Waals surface area contributed by atoms with E-state index in [-0.39, 0.29) is 17.0 Å². The summed E-state index contributed by atoms with van der Waals surface area (Å²) in [6.45, 7) is -1.02. The number of rotatable bonds is 10. The van der Waals surface area contributed by atoms with Gasteiger partial charge in [-0.1, -0.05) is 0 Å². The van der Waals surface area contributed by atoms with E-state index in [0.717, 1.165) is 13.3 Å². The van der Waals surface area contributed by atoms with E-state index in [0.29, 0.717) is 0 Å². The minimum atomic E-state index is -5.66. The highest BCUT2D eigenvalue weighted by Crippen LogP contribution is 2.56. The van der Waals surface area contributed by atoms with Gasteiger partial charge in [0.05, 0.1) is 19.5 Å². The molecule has 39 heavy (non-hydrogen) atoms. The van der Waals surface area contributed by atoms with Crippen molar-refractivity contribution in [3.05, 3.63) is 12.7 Å². The van der Waals surface area contributed by atoms with Gasteiger partial charge in [0.2, 0.25) is 0 Å². The summed E-state index contributed by atoms with van der Waals surface area (Å²) in [5, 5.41) is 40.4. The van der Waals surface area contributed by atoms with Crippen LogP contribution in [0, 0.1) is 0 Å². The number of imidazole rings is 1. The number of phosphoric ester groups is 2. The van der Waals surface area contributed by atoms with Crippen LogP contribution in [-0.2, 0) is 41.5 Å². The molecule has 0 spiro atoms. The van der Waals surface area contributed by atoms with Gasteiger partial charge in [-0.15, -0.1) is 0 Å². The SMILES string of the molecule is CC(=O)OC1C(O)O[C@H](COP(=O)([O-])OP(=O)([O-])OC[C@@H]2O[C@H](n3cnc4c(N)ncnc43)C(O)C2O)[C@@H]1O. The van der Waals surface area contributed by atoms with E-state index >= 15 is 0 Å². The Morgan fingerprint density at radius 3 is 2.26 bits per heavy atom. The van der Waals surface area contributed by atoms with Gasteiger partial charge in [0.15, 0.2) is 30.1 Å². The quantitative estimate of drug-likeness (QED) is 0.128. The Balaban J connectivity index is 1.32. The Morgan fingerprint density at radius 2 is 1.64 bits per heavy atom. The number of nitrogens with zero attached hydrogens (tertiary/aromatic N) is 4. The molecule has 0 saturated carbocycles. The predicted molar refractivity (Wildman–Crippen MR) is 116 cm³/mol. The van der Waals surface area contributed by atoms with Crippen LogP contribution >= 0.6 is 15.6 Å². The number of fused-ring (bicyclic) bond motifs is 1. The summed E-state index contributed by atoms with van der Waals surface area (Å²) < 4.78 is 53.1. The monoisotopic (exact) mass is 599 g/mol. The fraction of sp³-hybridized carbons (Fsp3) is 0.647. The molecule has 0 radical (unpaired) electrons. The van der Waals surface area contributed by atoms with Crippen molar-refractivity contribution < 1.29 is 71.7 Å². The summed E-state index contributed by atoms with van der Waals surface area (Å²) in [4.78, 5) is 46.9. The lowest BCUT2D eigenvalue weighted by Gasteiger charge is -2.32.